The fourth-order valence-electron chi connectivity index (χ4n) is 2.57. The van der Waals surface area contributed by atoms with E-state index in [1.807, 2.05) is 6.07 Å². The summed E-state index contributed by atoms with van der Waals surface area (Å²) in [5, 5.41) is -0.341. The van der Waals surface area contributed by atoms with E-state index in [2.05, 4.69) is 0 Å². The Bertz CT molecular complexity index is 879. The summed E-state index contributed by atoms with van der Waals surface area (Å²) in [6.07, 6.45) is 1.62. The maximum Gasteiger partial charge on any atom is 0.298 e. The summed E-state index contributed by atoms with van der Waals surface area (Å²) >= 11 is 0.885. The van der Waals surface area contributed by atoms with Gasteiger partial charge in [-0.15, -0.1) is 0 Å². The van der Waals surface area contributed by atoms with Crippen molar-refractivity contribution in [2.45, 2.75) is 0 Å². The Morgan fingerprint density at radius 1 is 0.885 bits per heavy atom. The topological polar surface area (TPSA) is 65.1 Å². The van der Waals surface area contributed by atoms with Crippen LogP contribution in [0, 0.1) is 0 Å². The fraction of sp³-hybridized carbons (Fsp3) is 0.158. The van der Waals surface area contributed by atoms with Gasteiger partial charge in [-0.25, -0.2) is 4.90 Å². The van der Waals surface area contributed by atoms with Gasteiger partial charge in [0.15, 0.2) is 11.5 Å². The van der Waals surface area contributed by atoms with Gasteiger partial charge in [0.05, 0.1) is 31.9 Å². The number of imide groups is 1. The van der Waals surface area contributed by atoms with Gasteiger partial charge in [-0.2, -0.15) is 0 Å². The maximum atomic E-state index is 12.7. The number of para-hydroxylation sites is 1. The van der Waals surface area contributed by atoms with Crippen molar-refractivity contribution in [2.24, 2.45) is 0 Å². The third kappa shape index (κ3) is 3.25. The van der Waals surface area contributed by atoms with Crippen LogP contribution in [0.25, 0.3) is 6.08 Å². The molecule has 1 fully saturated rings. The van der Waals surface area contributed by atoms with Gasteiger partial charge >= 0.3 is 0 Å². The highest BCUT2D eigenvalue weighted by Gasteiger charge is 2.36. The van der Waals surface area contributed by atoms with Crippen molar-refractivity contribution in [3.05, 3.63) is 52.9 Å². The molecule has 1 heterocycles. The molecule has 0 aliphatic carbocycles. The second-order valence-electron chi connectivity index (χ2n) is 5.30. The lowest BCUT2D eigenvalue weighted by Gasteiger charge is -2.13. The molecule has 1 aliphatic heterocycles. The van der Waals surface area contributed by atoms with E-state index in [1.165, 1.54) is 21.3 Å². The zero-order valence-corrected chi connectivity index (χ0v) is 15.3. The number of rotatable bonds is 5. The number of nitrogens with zero attached hydrogens (tertiary/aromatic N) is 1. The third-order valence-electron chi connectivity index (χ3n) is 3.83. The minimum absolute atomic E-state index is 0.310. The summed E-state index contributed by atoms with van der Waals surface area (Å²) in [5.74, 6) is 1.15. The Labute approximate surface area is 155 Å². The monoisotopic (exact) mass is 371 g/mol. The van der Waals surface area contributed by atoms with Gasteiger partial charge in [0.2, 0.25) is 0 Å². The summed E-state index contributed by atoms with van der Waals surface area (Å²) in [7, 11) is 4.58. The number of methoxy groups -OCH3 is 3. The van der Waals surface area contributed by atoms with E-state index in [-0.39, 0.29) is 11.1 Å². The molecule has 134 valence electrons. The third-order valence-corrected chi connectivity index (χ3v) is 4.70. The predicted molar refractivity (Wildman–Crippen MR) is 101 cm³/mol. The molecule has 0 saturated carbocycles. The quantitative estimate of drug-likeness (QED) is 0.742. The van der Waals surface area contributed by atoms with Gasteiger partial charge in [-0.3, -0.25) is 9.59 Å². The lowest BCUT2D eigenvalue weighted by atomic mass is 10.1. The molecule has 0 bridgehead atoms. The number of hydrogen-bond donors (Lipinski definition) is 0. The smallest absolute Gasteiger partial charge is 0.298 e. The molecule has 0 atom stereocenters. The highest BCUT2D eigenvalue weighted by molar-refractivity contribution is 8.19. The molecular weight excluding hydrogens is 354 g/mol. The number of benzene rings is 2. The molecule has 2 aromatic carbocycles. The van der Waals surface area contributed by atoms with Crippen LogP contribution >= 0.6 is 11.8 Å². The van der Waals surface area contributed by atoms with Crippen LogP contribution in [0.1, 0.15) is 5.56 Å². The first-order valence-corrected chi connectivity index (χ1v) is 8.53. The first-order chi connectivity index (χ1) is 12.6. The second-order valence-corrected chi connectivity index (χ2v) is 6.30. The standard InChI is InChI=1S/C19H17NO5S/c1-23-14-11-16(25-3)15(24-2)9-12(14)10-17-18(21)20(19(22)26-17)13-7-5-4-6-8-13/h4-11H,1-3H3/b17-10+. The largest absolute Gasteiger partial charge is 0.496 e. The number of ether oxygens (including phenoxy) is 3. The van der Waals surface area contributed by atoms with E-state index in [1.54, 1.807) is 42.5 Å². The molecule has 0 aromatic heterocycles. The van der Waals surface area contributed by atoms with Crippen molar-refractivity contribution in [1.82, 2.24) is 0 Å². The lowest BCUT2D eigenvalue weighted by molar-refractivity contribution is -0.113. The highest BCUT2D eigenvalue weighted by Crippen LogP contribution is 2.40. The minimum atomic E-state index is -0.372. The van der Waals surface area contributed by atoms with Gasteiger partial charge in [-0.05, 0) is 36.0 Å². The number of amides is 2. The molecule has 3 rings (SSSR count). The van der Waals surface area contributed by atoms with E-state index >= 15 is 0 Å². The normalized spacial score (nSPS) is 15.5. The van der Waals surface area contributed by atoms with Crippen LogP contribution in [-0.4, -0.2) is 32.5 Å². The number of thioether (sulfide) groups is 1. The average Bonchev–Trinajstić information content (AvgIpc) is 2.95. The molecular formula is C19H17NO5S. The van der Waals surface area contributed by atoms with Crippen molar-refractivity contribution in [2.75, 3.05) is 26.2 Å². The average molecular weight is 371 g/mol. The minimum Gasteiger partial charge on any atom is -0.496 e. The van der Waals surface area contributed by atoms with E-state index < -0.39 is 0 Å². The molecule has 0 radical (unpaired) electrons. The molecule has 1 aliphatic rings. The van der Waals surface area contributed by atoms with Crippen LogP contribution in [0.3, 0.4) is 0 Å². The zero-order valence-electron chi connectivity index (χ0n) is 14.5. The molecule has 26 heavy (non-hydrogen) atoms. The predicted octanol–water partition coefficient (Wildman–Crippen LogP) is 3.95. The lowest BCUT2D eigenvalue weighted by Crippen LogP contribution is -2.27. The molecule has 2 aromatic rings. The van der Waals surface area contributed by atoms with Crippen molar-refractivity contribution >= 4 is 34.7 Å². The van der Waals surface area contributed by atoms with Crippen molar-refractivity contribution in [3.8, 4) is 17.2 Å². The van der Waals surface area contributed by atoms with Gasteiger partial charge in [0.1, 0.15) is 5.75 Å². The van der Waals surface area contributed by atoms with Gasteiger partial charge in [0, 0.05) is 11.6 Å². The summed E-state index contributed by atoms with van der Waals surface area (Å²) in [4.78, 5) is 26.5. The van der Waals surface area contributed by atoms with Crippen molar-refractivity contribution in [3.63, 3.8) is 0 Å². The Kier molecular flexibility index (Phi) is 5.18. The second kappa shape index (κ2) is 7.53. The molecule has 6 nitrogen and oxygen atoms in total. The van der Waals surface area contributed by atoms with Crippen LogP contribution in [0.15, 0.2) is 47.4 Å². The molecule has 0 spiro atoms. The van der Waals surface area contributed by atoms with Crippen LogP contribution in [0.2, 0.25) is 0 Å². The summed E-state index contributed by atoms with van der Waals surface area (Å²) < 4.78 is 15.9. The number of hydrogen-bond acceptors (Lipinski definition) is 6. The first kappa shape index (κ1) is 17.9. The van der Waals surface area contributed by atoms with Crippen LogP contribution in [0.4, 0.5) is 10.5 Å². The SMILES string of the molecule is COc1cc(OC)c(OC)cc1/C=C1/SC(=O)N(c2ccccc2)C1=O. The van der Waals surface area contributed by atoms with Gasteiger partial charge in [0.25, 0.3) is 11.1 Å². The van der Waals surface area contributed by atoms with E-state index in [9.17, 15) is 9.59 Å². The van der Waals surface area contributed by atoms with Gasteiger partial charge in [-0.1, -0.05) is 18.2 Å². The van der Waals surface area contributed by atoms with Crippen LogP contribution < -0.4 is 19.1 Å². The van der Waals surface area contributed by atoms with Crippen LogP contribution in [0.5, 0.6) is 17.2 Å². The first-order valence-electron chi connectivity index (χ1n) is 7.72. The molecule has 0 N–H and O–H groups in total. The molecule has 0 unspecified atom stereocenters. The summed E-state index contributed by atoms with van der Waals surface area (Å²) in [6, 6.07) is 12.2. The molecule has 2 amide bonds. The highest BCUT2D eigenvalue weighted by atomic mass is 32.2. The van der Waals surface area contributed by atoms with E-state index in [0.717, 1.165) is 16.7 Å². The van der Waals surface area contributed by atoms with E-state index in [0.29, 0.717) is 33.4 Å². The number of carbonyl (C=O) groups is 2. The maximum absolute atomic E-state index is 12.7. The van der Waals surface area contributed by atoms with E-state index in [4.69, 9.17) is 14.2 Å². The summed E-state index contributed by atoms with van der Waals surface area (Å²) in [6.45, 7) is 0. The zero-order chi connectivity index (χ0) is 18.7. The Morgan fingerprint density at radius 3 is 2.12 bits per heavy atom. The van der Waals surface area contributed by atoms with Crippen LogP contribution in [-0.2, 0) is 4.79 Å². The molecule has 7 heteroatoms. The summed E-state index contributed by atoms with van der Waals surface area (Å²) in [5.41, 5.74) is 1.15. The van der Waals surface area contributed by atoms with Crippen molar-refractivity contribution in [1.29, 1.82) is 0 Å². The number of anilines is 1. The Hall–Kier alpha value is -2.93. The fourth-order valence-corrected chi connectivity index (χ4v) is 3.41. The number of carbonyl (C=O) groups excluding carboxylic acids is 2. The molecule has 1 saturated heterocycles. The van der Waals surface area contributed by atoms with Gasteiger partial charge < -0.3 is 14.2 Å². The Balaban J connectivity index is 2.01. The Morgan fingerprint density at radius 2 is 1.50 bits per heavy atom. The van der Waals surface area contributed by atoms with Crippen molar-refractivity contribution < 1.29 is 23.8 Å².